The molecule has 1 aromatic heterocycles. The summed E-state index contributed by atoms with van der Waals surface area (Å²) >= 11 is 0. The van der Waals surface area contributed by atoms with Crippen LogP contribution in [0.5, 0.6) is 0 Å². The largest absolute Gasteiger partial charge is 0.351 e. The average Bonchev–Trinajstić information content (AvgIpc) is 3.04. The van der Waals surface area contributed by atoms with Crippen LogP contribution in [0.3, 0.4) is 0 Å². The minimum Gasteiger partial charge on any atom is -0.351 e. The Labute approximate surface area is 119 Å². The first-order chi connectivity index (χ1) is 9.75. The summed E-state index contributed by atoms with van der Waals surface area (Å²) in [6.45, 7) is 7.74. The molecule has 2 aliphatic heterocycles. The van der Waals surface area contributed by atoms with Crippen LogP contribution in [0.2, 0.25) is 0 Å². The number of aromatic nitrogens is 2. The molecular formula is C16H20N4. The highest BCUT2D eigenvalue weighted by Crippen LogP contribution is 2.37. The van der Waals surface area contributed by atoms with Crippen LogP contribution in [-0.2, 0) is 0 Å². The summed E-state index contributed by atoms with van der Waals surface area (Å²) < 4.78 is 0. The Morgan fingerprint density at radius 2 is 1.95 bits per heavy atom. The molecule has 3 unspecified atom stereocenters. The molecule has 0 bridgehead atoms. The van der Waals surface area contributed by atoms with Crippen LogP contribution in [-0.4, -0.2) is 35.9 Å². The van der Waals surface area contributed by atoms with E-state index in [-0.39, 0.29) is 0 Å². The number of rotatable bonds is 1. The molecule has 2 fully saturated rings. The normalized spacial score (nSPS) is 29.1. The number of nitrogens with zero attached hydrogens (tertiary/aromatic N) is 3. The van der Waals surface area contributed by atoms with Crippen molar-refractivity contribution < 1.29 is 0 Å². The Hall–Kier alpha value is -1.68. The number of hydrogen-bond donors (Lipinski definition) is 1. The zero-order valence-electron chi connectivity index (χ0n) is 12.0. The fourth-order valence-corrected chi connectivity index (χ4v) is 3.88. The van der Waals surface area contributed by atoms with Crippen LogP contribution >= 0.6 is 0 Å². The van der Waals surface area contributed by atoms with Gasteiger partial charge in [0.15, 0.2) is 5.82 Å². The smallest absolute Gasteiger partial charge is 0.159 e. The van der Waals surface area contributed by atoms with Crippen LogP contribution < -0.4 is 10.2 Å². The lowest BCUT2D eigenvalue weighted by Gasteiger charge is -2.26. The number of aryl methyl sites for hydroxylation is 1. The molecule has 0 aliphatic carbocycles. The number of fused-ring (bicyclic) bond motifs is 2. The highest BCUT2D eigenvalue weighted by atomic mass is 15.3. The van der Waals surface area contributed by atoms with E-state index in [1.54, 1.807) is 0 Å². The van der Waals surface area contributed by atoms with Gasteiger partial charge in [-0.1, -0.05) is 24.3 Å². The summed E-state index contributed by atoms with van der Waals surface area (Å²) in [5.74, 6) is 2.57. The monoisotopic (exact) mass is 268 g/mol. The first-order valence-electron chi connectivity index (χ1n) is 7.45. The maximum atomic E-state index is 4.52. The Morgan fingerprint density at radius 3 is 2.75 bits per heavy atom. The average molecular weight is 268 g/mol. The van der Waals surface area contributed by atoms with Gasteiger partial charge in [-0.05, 0) is 25.7 Å². The fraction of sp³-hybridized carbons (Fsp3) is 0.500. The molecule has 2 saturated heterocycles. The predicted molar refractivity (Wildman–Crippen MR) is 80.9 cm³/mol. The van der Waals surface area contributed by atoms with E-state index in [9.17, 15) is 0 Å². The van der Waals surface area contributed by atoms with Crippen molar-refractivity contribution in [2.75, 3.05) is 24.5 Å². The maximum absolute atomic E-state index is 4.52. The van der Waals surface area contributed by atoms with E-state index < -0.39 is 0 Å². The van der Waals surface area contributed by atoms with Gasteiger partial charge >= 0.3 is 0 Å². The van der Waals surface area contributed by atoms with Crippen LogP contribution in [0.4, 0.5) is 5.82 Å². The lowest BCUT2D eigenvalue weighted by Crippen LogP contribution is -2.34. The summed E-state index contributed by atoms with van der Waals surface area (Å²) in [6.07, 6.45) is 0. The van der Waals surface area contributed by atoms with Gasteiger partial charge in [-0.3, -0.25) is 0 Å². The SMILES string of the molecule is Cc1nnc(N2CC3CNCC3C2C)c2ccccc12. The molecule has 20 heavy (non-hydrogen) atoms. The molecule has 3 atom stereocenters. The number of anilines is 1. The van der Waals surface area contributed by atoms with E-state index >= 15 is 0 Å². The van der Waals surface area contributed by atoms with Crippen molar-refractivity contribution in [2.24, 2.45) is 11.8 Å². The fourth-order valence-electron chi connectivity index (χ4n) is 3.88. The minimum atomic E-state index is 0.537. The van der Waals surface area contributed by atoms with Gasteiger partial charge < -0.3 is 10.2 Å². The van der Waals surface area contributed by atoms with Crippen LogP contribution in [0.25, 0.3) is 10.8 Å². The van der Waals surface area contributed by atoms with Crippen molar-refractivity contribution in [3.8, 4) is 0 Å². The molecule has 0 spiro atoms. The molecular weight excluding hydrogens is 248 g/mol. The van der Waals surface area contributed by atoms with E-state index in [2.05, 4.69) is 51.6 Å². The number of nitrogens with one attached hydrogen (secondary N) is 1. The molecule has 2 aromatic rings. The lowest BCUT2D eigenvalue weighted by molar-refractivity contribution is 0.471. The van der Waals surface area contributed by atoms with Crippen molar-refractivity contribution in [3.05, 3.63) is 30.0 Å². The van der Waals surface area contributed by atoms with Gasteiger partial charge in [0.1, 0.15) is 0 Å². The van der Waals surface area contributed by atoms with Gasteiger partial charge in [0.2, 0.25) is 0 Å². The molecule has 1 aromatic carbocycles. The third-order valence-electron chi connectivity index (χ3n) is 5.06. The third kappa shape index (κ3) is 1.64. The van der Waals surface area contributed by atoms with Crippen molar-refractivity contribution in [2.45, 2.75) is 19.9 Å². The lowest BCUT2D eigenvalue weighted by atomic mass is 9.95. The Bertz CT molecular complexity index is 654. The van der Waals surface area contributed by atoms with Crippen molar-refractivity contribution in [1.82, 2.24) is 15.5 Å². The van der Waals surface area contributed by atoms with Crippen molar-refractivity contribution in [1.29, 1.82) is 0 Å². The van der Waals surface area contributed by atoms with Gasteiger partial charge in [0.25, 0.3) is 0 Å². The Balaban J connectivity index is 1.81. The first-order valence-corrected chi connectivity index (χ1v) is 7.45. The van der Waals surface area contributed by atoms with Gasteiger partial charge in [-0.15, -0.1) is 5.10 Å². The van der Waals surface area contributed by atoms with Gasteiger partial charge in [0, 0.05) is 36.4 Å². The quantitative estimate of drug-likeness (QED) is 0.858. The van der Waals surface area contributed by atoms with E-state index in [0.29, 0.717) is 6.04 Å². The second-order valence-corrected chi connectivity index (χ2v) is 6.13. The molecule has 4 rings (SSSR count). The summed E-state index contributed by atoms with van der Waals surface area (Å²) in [6, 6.07) is 9.02. The van der Waals surface area contributed by atoms with Gasteiger partial charge in [-0.25, -0.2) is 0 Å². The van der Waals surface area contributed by atoms with E-state index in [1.807, 2.05) is 6.92 Å². The van der Waals surface area contributed by atoms with Crippen molar-refractivity contribution >= 4 is 16.6 Å². The summed E-state index contributed by atoms with van der Waals surface area (Å²) in [5.41, 5.74) is 1.01. The molecule has 4 nitrogen and oxygen atoms in total. The number of benzene rings is 1. The van der Waals surface area contributed by atoms with Crippen LogP contribution in [0, 0.1) is 18.8 Å². The third-order valence-corrected chi connectivity index (χ3v) is 5.06. The highest BCUT2D eigenvalue weighted by Gasteiger charge is 2.42. The summed E-state index contributed by atoms with van der Waals surface area (Å²) in [4.78, 5) is 2.46. The second kappa shape index (κ2) is 4.42. The molecule has 1 N–H and O–H groups in total. The Kier molecular flexibility index (Phi) is 2.67. The van der Waals surface area contributed by atoms with E-state index in [4.69, 9.17) is 0 Å². The second-order valence-electron chi connectivity index (χ2n) is 6.13. The van der Waals surface area contributed by atoms with E-state index in [0.717, 1.165) is 43.0 Å². The summed E-state index contributed by atoms with van der Waals surface area (Å²) in [7, 11) is 0. The molecule has 0 saturated carbocycles. The molecule has 0 amide bonds. The maximum Gasteiger partial charge on any atom is 0.159 e. The molecule has 0 radical (unpaired) electrons. The molecule has 104 valence electrons. The van der Waals surface area contributed by atoms with Gasteiger partial charge in [0.05, 0.1) is 5.69 Å². The van der Waals surface area contributed by atoms with E-state index in [1.165, 1.54) is 10.8 Å². The molecule has 3 heterocycles. The standard InChI is InChI=1S/C16H20N4/c1-10-13-5-3-4-6-14(13)16(19-18-10)20-9-12-7-17-8-15(12)11(20)2/h3-6,11-12,15,17H,7-9H2,1-2H3. The van der Waals surface area contributed by atoms with Crippen LogP contribution in [0.15, 0.2) is 24.3 Å². The number of hydrogen-bond acceptors (Lipinski definition) is 4. The predicted octanol–water partition coefficient (Wildman–Crippen LogP) is 1.98. The molecule has 4 heteroatoms. The zero-order chi connectivity index (χ0) is 13.7. The van der Waals surface area contributed by atoms with Gasteiger partial charge in [-0.2, -0.15) is 5.10 Å². The van der Waals surface area contributed by atoms with Crippen molar-refractivity contribution in [3.63, 3.8) is 0 Å². The minimum absolute atomic E-state index is 0.537. The Morgan fingerprint density at radius 1 is 1.15 bits per heavy atom. The highest BCUT2D eigenvalue weighted by molar-refractivity contribution is 5.93. The molecule has 2 aliphatic rings. The topological polar surface area (TPSA) is 41.1 Å². The summed E-state index contributed by atoms with van der Waals surface area (Å²) in [5, 5.41) is 14.9. The zero-order valence-corrected chi connectivity index (χ0v) is 12.0. The van der Waals surface area contributed by atoms with Crippen LogP contribution in [0.1, 0.15) is 12.6 Å². The first kappa shape index (κ1) is 12.1.